The lowest BCUT2D eigenvalue weighted by molar-refractivity contribution is -0.119. The van der Waals surface area contributed by atoms with Crippen molar-refractivity contribution in [3.63, 3.8) is 0 Å². The van der Waals surface area contributed by atoms with Gasteiger partial charge in [0.1, 0.15) is 5.65 Å². The van der Waals surface area contributed by atoms with Crippen molar-refractivity contribution in [2.45, 2.75) is 44.6 Å². The largest absolute Gasteiger partial charge is 0.368 e. The van der Waals surface area contributed by atoms with Gasteiger partial charge in [-0.25, -0.2) is 4.98 Å². The molecule has 0 radical (unpaired) electrons. The molecule has 2 fully saturated rings. The highest BCUT2D eigenvalue weighted by atomic mass is 79.9. The normalized spacial score (nSPS) is 21.8. The second-order valence-corrected chi connectivity index (χ2v) is 8.05. The lowest BCUT2D eigenvalue weighted by Gasteiger charge is -2.33. The second kappa shape index (κ2) is 6.96. The number of pyridine rings is 1. The molecule has 0 unspecified atom stereocenters. The molecule has 1 saturated carbocycles. The van der Waals surface area contributed by atoms with Gasteiger partial charge in [0.15, 0.2) is 0 Å². The molecule has 2 aromatic rings. The average Bonchev–Trinajstić information content (AvgIpc) is 3.25. The monoisotopic (exact) mass is 405 g/mol. The zero-order valence-electron chi connectivity index (χ0n) is 14.2. The molecule has 25 heavy (non-hydrogen) atoms. The van der Waals surface area contributed by atoms with E-state index in [4.69, 9.17) is 5.73 Å². The van der Waals surface area contributed by atoms with Crippen molar-refractivity contribution < 1.29 is 4.79 Å². The highest BCUT2D eigenvalue weighted by Crippen LogP contribution is 2.39. The van der Waals surface area contributed by atoms with Gasteiger partial charge in [-0.3, -0.25) is 4.79 Å². The number of hydrogen-bond donors (Lipinski definition) is 3. The number of anilines is 2. The van der Waals surface area contributed by atoms with Gasteiger partial charge < -0.3 is 20.9 Å². The molecule has 2 aromatic heterocycles. The number of aromatic nitrogens is 2. The summed E-state index contributed by atoms with van der Waals surface area (Å²) in [6.07, 6.45) is 10.1. The summed E-state index contributed by atoms with van der Waals surface area (Å²) in [5.74, 6) is 0.261. The third-order valence-electron chi connectivity index (χ3n) is 5.39. The maximum atomic E-state index is 12.6. The number of aromatic amines is 1. The molecule has 7 heteroatoms. The highest BCUT2D eigenvalue weighted by Gasteiger charge is 2.26. The number of amides is 1. The van der Waals surface area contributed by atoms with Gasteiger partial charge in [-0.2, -0.15) is 0 Å². The Balaban J connectivity index is 1.70. The number of carbonyl (C=O) groups excluding carboxylic acids is 1. The Labute approximate surface area is 155 Å². The fourth-order valence-corrected chi connectivity index (χ4v) is 4.65. The Morgan fingerprint density at radius 2 is 2.12 bits per heavy atom. The number of fused-ring (bicyclic) bond motifs is 1. The molecule has 134 valence electrons. The lowest BCUT2D eigenvalue weighted by atomic mass is 10.0. The first-order chi connectivity index (χ1) is 12.1. The summed E-state index contributed by atoms with van der Waals surface area (Å²) in [4.78, 5) is 22.6. The van der Waals surface area contributed by atoms with Crippen LogP contribution in [-0.4, -0.2) is 35.0 Å². The van der Waals surface area contributed by atoms with E-state index in [1.54, 1.807) is 0 Å². The topological polar surface area (TPSA) is 87.0 Å². The Hall–Kier alpha value is -1.60. The van der Waals surface area contributed by atoms with Gasteiger partial charge in [0.25, 0.3) is 0 Å². The molecule has 1 aliphatic carbocycles. The summed E-state index contributed by atoms with van der Waals surface area (Å²) in [7, 11) is 0. The average molecular weight is 406 g/mol. The molecule has 1 atom stereocenters. The van der Waals surface area contributed by atoms with Crippen LogP contribution in [0.2, 0.25) is 0 Å². The fourth-order valence-electron chi connectivity index (χ4n) is 4.10. The molecule has 0 spiro atoms. The zero-order valence-corrected chi connectivity index (χ0v) is 15.8. The second-order valence-electron chi connectivity index (χ2n) is 7.20. The molecule has 4 rings (SSSR count). The van der Waals surface area contributed by atoms with Crippen molar-refractivity contribution in [1.29, 1.82) is 0 Å². The Bertz CT molecular complexity index is 783. The molecule has 1 aliphatic heterocycles. The van der Waals surface area contributed by atoms with Crippen LogP contribution in [0, 0.1) is 5.92 Å². The van der Waals surface area contributed by atoms with Crippen molar-refractivity contribution in [2.75, 3.05) is 23.3 Å². The Morgan fingerprint density at radius 1 is 1.32 bits per heavy atom. The molecule has 6 nitrogen and oxygen atoms in total. The van der Waals surface area contributed by atoms with E-state index in [0.717, 1.165) is 78.5 Å². The van der Waals surface area contributed by atoms with Crippen LogP contribution in [-0.2, 0) is 4.79 Å². The van der Waals surface area contributed by atoms with Gasteiger partial charge in [0.05, 0.1) is 21.2 Å². The van der Waals surface area contributed by atoms with Crippen molar-refractivity contribution >= 4 is 44.2 Å². The molecule has 4 N–H and O–H groups in total. The van der Waals surface area contributed by atoms with Crippen LogP contribution in [0.4, 0.5) is 11.4 Å². The van der Waals surface area contributed by atoms with Crippen LogP contribution >= 0.6 is 15.9 Å². The summed E-state index contributed by atoms with van der Waals surface area (Å²) in [5.41, 5.74) is 8.86. The number of rotatable bonds is 3. The van der Waals surface area contributed by atoms with Crippen LogP contribution in [0.3, 0.4) is 0 Å². The van der Waals surface area contributed by atoms with Gasteiger partial charge in [-0.1, -0.05) is 12.8 Å². The predicted octanol–water partition coefficient (Wildman–Crippen LogP) is 3.38. The van der Waals surface area contributed by atoms with Gasteiger partial charge in [-0.05, 0) is 41.6 Å². The van der Waals surface area contributed by atoms with E-state index in [0.29, 0.717) is 0 Å². The molecule has 1 amide bonds. The van der Waals surface area contributed by atoms with Gasteiger partial charge in [0, 0.05) is 37.4 Å². The van der Waals surface area contributed by atoms with Gasteiger partial charge in [0.2, 0.25) is 5.91 Å². The molecule has 1 saturated heterocycles. The lowest BCUT2D eigenvalue weighted by Crippen LogP contribution is -2.43. The molecule has 0 aromatic carbocycles. The van der Waals surface area contributed by atoms with E-state index < -0.39 is 0 Å². The van der Waals surface area contributed by atoms with E-state index in [-0.39, 0.29) is 17.9 Å². The minimum atomic E-state index is 0.125. The van der Waals surface area contributed by atoms with E-state index >= 15 is 0 Å². The zero-order chi connectivity index (χ0) is 17.4. The number of nitrogens with two attached hydrogens (primary N) is 1. The molecule has 0 bridgehead atoms. The highest BCUT2D eigenvalue weighted by molar-refractivity contribution is 9.10. The first-order valence-corrected chi connectivity index (χ1v) is 9.89. The quantitative estimate of drug-likeness (QED) is 0.730. The molecular weight excluding hydrogens is 382 g/mol. The summed E-state index contributed by atoms with van der Waals surface area (Å²) < 4.78 is 0.935. The number of nitrogens with zero attached hydrogens (tertiary/aromatic N) is 2. The summed E-state index contributed by atoms with van der Waals surface area (Å²) in [5, 5.41) is 4.10. The maximum Gasteiger partial charge on any atom is 0.227 e. The minimum Gasteiger partial charge on any atom is -0.368 e. The predicted molar refractivity (Wildman–Crippen MR) is 104 cm³/mol. The van der Waals surface area contributed by atoms with E-state index in [2.05, 4.69) is 36.1 Å². The van der Waals surface area contributed by atoms with Crippen molar-refractivity contribution in [3.05, 3.63) is 16.9 Å². The SMILES string of the molecule is N[C@@H]1CCCN(c2c(Br)cnc3[nH]cc(NC(=O)C4CCCC4)c23)C1. The first-order valence-electron chi connectivity index (χ1n) is 9.10. The standard InChI is InChI=1S/C18H24BrN5O/c19-13-8-21-17-15(16(13)24-7-3-6-12(20)10-24)14(9-22-17)23-18(25)11-4-1-2-5-11/h8-9,11-12H,1-7,10,20H2,(H,21,22)(H,23,25)/t12-/m1/s1. The molecular formula is C18H24BrN5O. The van der Waals surface area contributed by atoms with Gasteiger partial charge in [-0.15, -0.1) is 0 Å². The van der Waals surface area contributed by atoms with E-state index in [1.165, 1.54) is 0 Å². The number of carbonyl (C=O) groups is 1. The van der Waals surface area contributed by atoms with Crippen molar-refractivity contribution in [2.24, 2.45) is 11.7 Å². The van der Waals surface area contributed by atoms with Crippen LogP contribution in [0.5, 0.6) is 0 Å². The van der Waals surface area contributed by atoms with Crippen LogP contribution in [0.25, 0.3) is 11.0 Å². The van der Waals surface area contributed by atoms with Crippen molar-refractivity contribution in [3.8, 4) is 0 Å². The third kappa shape index (κ3) is 3.27. The maximum absolute atomic E-state index is 12.6. The smallest absolute Gasteiger partial charge is 0.227 e. The molecule has 2 aliphatic rings. The van der Waals surface area contributed by atoms with Crippen LogP contribution in [0.15, 0.2) is 16.9 Å². The van der Waals surface area contributed by atoms with E-state index in [1.807, 2.05) is 12.4 Å². The Kier molecular flexibility index (Phi) is 4.69. The summed E-state index contributed by atoms with van der Waals surface area (Å²) in [6, 6.07) is 0.180. The van der Waals surface area contributed by atoms with E-state index in [9.17, 15) is 4.79 Å². The number of halogens is 1. The Morgan fingerprint density at radius 3 is 2.88 bits per heavy atom. The first kappa shape index (κ1) is 16.8. The summed E-state index contributed by atoms with van der Waals surface area (Å²) >= 11 is 3.65. The third-order valence-corrected chi connectivity index (χ3v) is 5.97. The van der Waals surface area contributed by atoms with Crippen molar-refractivity contribution in [1.82, 2.24) is 9.97 Å². The van der Waals surface area contributed by atoms with Crippen LogP contribution in [0.1, 0.15) is 38.5 Å². The minimum absolute atomic E-state index is 0.125. The van der Waals surface area contributed by atoms with Crippen LogP contribution < -0.4 is 16.0 Å². The molecule has 3 heterocycles. The fraction of sp³-hybridized carbons (Fsp3) is 0.556. The number of nitrogens with one attached hydrogen (secondary N) is 2. The number of hydrogen-bond acceptors (Lipinski definition) is 4. The number of H-pyrrole nitrogens is 1. The number of piperidine rings is 1. The van der Waals surface area contributed by atoms with Gasteiger partial charge >= 0.3 is 0 Å². The summed E-state index contributed by atoms with van der Waals surface area (Å²) in [6.45, 7) is 1.78.